The van der Waals surface area contributed by atoms with Crippen molar-refractivity contribution in [3.05, 3.63) is 29.3 Å². The number of nitrogens with zero attached hydrogens (tertiary/aromatic N) is 4. The summed E-state index contributed by atoms with van der Waals surface area (Å²) in [5.74, 6) is 1.01. The standard InChI is InChI=1S/C9H9ClN4O/c1-6-3-9(14(2)13-6)15-8-4-7(10)11-5-12-8/h3-5H,1-2H3. The molecular formula is C9H9ClN4O. The summed E-state index contributed by atoms with van der Waals surface area (Å²) in [4.78, 5) is 7.69. The van der Waals surface area contributed by atoms with Crippen LogP contribution < -0.4 is 4.74 Å². The highest BCUT2D eigenvalue weighted by atomic mass is 35.5. The molecule has 78 valence electrons. The molecule has 2 heterocycles. The first-order valence-corrected chi connectivity index (χ1v) is 4.69. The third kappa shape index (κ3) is 2.24. The molecule has 2 aromatic rings. The Balaban J connectivity index is 2.25. The molecule has 0 bridgehead atoms. The molecule has 0 N–H and O–H groups in total. The topological polar surface area (TPSA) is 52.8 Å². The first kappa shape index (κ1) is 9.92. The van der Waals surface area contributed by atoms with Gasteiger partial charge in [-0.1, -0.05) is 11.6 Å². The largest absolute Gasteiger partial charge is 0.421 e. The Bertz CT molecular complexity index is 483. The molecule has 0 unspecified atom stereocenters. The summed E-state index contributed by atoms with van der Waals surface area (Å²) < 4.78 is 7.11. The van der Waals surface area contributed by atoms with Crippen LogP contribution in [0.15, 0.2) is 18.5 Å². The maximum absolute atomic E-state index is 5.70. The normalized spacial score (nSPS) is 10.3. The average Bonchev–Trinajstić information content (AvgIpc) is 2.45. The Morgan fingerprint density at radius 2 is 2.13 bits per heavy atom. The van der Waals surface area contributed by atoms with Crippen LogP contribution in [0.1, 0.15) is 5.69 Å². The van der Waals surface area contributed by atoms with E-state index >= 15 is 0 Å². The first-order chi connectivity index (χ1) is 7.15. The van der Waals surface area contributed by atoms with Crippen LogP contribution in [0.25, 0.3) is 0 Å². The molecular weight excluding hydrogens is 216 g/mol. The molecule has 0 aliphatic carbocycles. The molecule has 0 atom stereocenters. The fourth-order valence-electron chi connectivity index (χ4n) is 1.16. The molecule has 5 nitrogen and oxygen atoms in total. The van der Waals surface area contributed by atoms with E-state index in [9.17, 15) is 0 Å². The first-order valence-electron chi connectivity index (χ1n) is 4.31. The van der Waals surface area contributed by atoms with E-state index in [2.05, 4.69) is 15.1 Å². The minimum atomic E-state index is 0.346. The van der Waals surface area contributed by atoms with Gasteiger partial charge in [-0.3, -0.25) is 0 Å². The highest BCUT2D eigenvalue weighted by molar-refractivity contribution is 6.29. The van der Waals surface area contributed by atoms with Gasteiger partial charge < -0.3 is 4.74 Å². The van der Waals surface area contributed by atoms with E-state index in [4.69, 9.17) is 16.3 Å². The molecule has 0 saturated carbocycles. The summed E-state index contributed by atoms with van der Waals surface area (Å²) in [6, 6.07) is 3.36. The molecule has 0 aromatic carbocycles. The number of rotatable bonds is 2. The lowest BCUT2D eigenvalue weighted by Crippen LogP contribution is -1.96. The Morgan fingerprint density at radius 1 is 1.33 bits per heavy atom. The van der Waals surface area contributed by atoms with Crippen molar-refractivity contribution in [3.8, 4) is 11.8 Å². The van der Waals surface area contributed by atoms with Gasteiger partial charge in [-0.25, -0.2) is 14.6 Å². The van der Waals surface area contributed by atoms with Crippen LogP contribution in [0.3, 0.4) is 0 Å². The third-order valence-electron chi connectivity index (χ3n) is 1.78. The zero-order valence-electron chi connectivity index (χ0n) is 8.31. The van der Waals surface area contributed by atoms with E-state index in [0.717, 1.165) is 5.69 Å². The predicted molar refractivity (Wildman–Crippen MR) is 55.1 cm³/mol. The molecule has 0 amide bonds. The van der Waals surface area contributed by atoms with E-state index in [0.29, 0.717) is 16.9 Å². The second-order valence-corrected chi connectivity index (χ2v) is 3.42. The number of hydrogen-bond donors (Lipinski definition) is 0. The van der Waals surface area contributed by atoms with Crippen LogP contribution >= 0.6 is 11.6 Å². The Labute approximate surface area is 91.7 Å². The van der Waals surface area contributed by atoms with Crippen LogP contribution in [0.5, 0.6) is 11.8 Å². The van der Waals surface area contributed by atoms with Crippen molar-refractivity contribution in [1.82, 2.24) is 19.7 Å². The van der Waals surface area contributed by atoms with Crippen molar-refractivity contribution in [2.75, 3.05) is 0 Å². The van der Waals surface area contributed by atoms with Crippen LogP contribution in [-0.2, 0) is 7.05 Å². The zero-order valence-corrected chi connectivity index (χ0v) is 9.06. The Morgan fingerprint density at radius 3 is 2.73 bits per heavy atom. The van der Waals surface area contributed by atoms with Crippen molar-refractivity contribution in [2.45, 2.75) is 6.92 Å². The van der Waals surface area contributed by atoms with E-state index in [-0.39, 0.29) is 0 Å². The van der Waals surface area contributed by atoms with Gasteiger partial charge in [0, 0.05) is 19.2 Å². The van der Waals surface area contributed by atoms with Gasteiger partial charge in [0.1, 0.15) is 11.5 Å². The van der Waals surface area contributed by atoms with Crippen molar-refractivity contribution in [2.24, 2.45) is 7.05 Å². The van der Waals surface area contributed by atoms with Crippen molar-refractivity contribution >= 4 is 11.6 Å². The predicted octanol–water partition coefficient (Wildman–Crippen LogP) is 1.96. The summed E-state index contributed by atoms with van der Waals surface area (Å²) in [6.45, 7) is 1.89. The highest BCUT2D eigenvalue weighted by Crippen LogP contribution is 2.20. The fraction of sp³-hybridized carbons (Fsp3) is 0.222. The summed E-state index contributed by atoms with van der Waals surface area (Å²) in [5.41, 5.74) is 0.882. The molecule has 0 spiro atoms. The Kier molecular flexibility index (Phi) is 2.55. The third-order valence-corrected chi connectivity index (χ3v) is 1.98. The smallest absolute Gasteiger partial charge is 0.225 e. The fourth-order valence-corrected chi connectivity index (χ4v) is 1.30. The molecule has 2 rings (SSSR count). The number of hydrogen-bond acceptors (Lipinski definition) is 4. The van der Waals surface area contributed by atoms with E-state index in [1.807, 2.05) is 13.0 Å². The zero-order chi connectivity index (χ0) is 10.8. The number of aromatic nitrogens is 4. The minimum absolute atomic E-state index is 0.346. The van der Waals surface area contributed by atoms with Crippen molar-refractivity contribution in [1.29, 1.82) is 0 Å². The maximum Gasteiger partial charge on any atom is 0.225 e. The lowest BCUT2D eigenvalue weighted by molar-refractivity contribution is 0.414. The van der Waals surface area contributed by atoms with E-state index in [1.165, 1.54) is 6.33 Å². The monoisotopic (exact) mass is 224 g/mol. The van der Waals surface area contributed by atoms with Crippen molar-refractivity contribution < 1.29 is 4.74 Å². The van der Waals surface area contributed by atoms with Gasteiger partial charge in [0.2, 0.25) is 11.8 Å². The van der Waals surface area contributed by atoms with Gasteiger partial charge in [-0.2, -0.15) is 5.10 Å². The number of aryl methyl sites for hydroxylation is 2. The minimum Gasteiger partial charge on any atom is -0.421 e. The number of halogens is 1. The lowest BCUT2D eigenvalue weighted by Gasteiger charge is -2.03. The Hall–Kier alpha value is -1.62. The average molecular weight is 225 g/mol. The summed E-state index contributed by atoms with van der Waals surface area (Å²) >= 11 is 5.70. The van der Waals surface area contributed by atoms with Crippen LogP contribution in [-0.4, -0.2) is 19.7 Å². The molecule has 0 aliphatic heterocycles. The lowest BCUT2D eigenvalue weighted by atomic mass is 10.5. The van der Waals surface area contributed by atoms with Gasteiger partial charge in [-0.05, 0) is 6.92 Å². The van der Waals surface area contributed by atoms with Gasteiger partial charge >= 0.3 is 0 Å². The SMILES string of the molecule is Cc1cc(Oc2cc(Cl)ncn2)n(C)n1. The summed E-state index contributed by atoms with van der Waals surface area (Å²) in [6.07, 6.45) is 1.35. The van der Waals surface area contributed by atoms with Gasteiger partial charge in [0.25, 0.3) is 0 Å². The summed E-state index contributed by atoms with van der Waals surface area (Å²) in [7, 11) is 1.80. The second kappa shape index (κ2) is 3.86. The molecule has 0 aliphatic rings. The van der Waals surface area contributed by atoms with E-state index < -0.39 is 0 Å². The molecule has 0 radical (unpaired) electrons. The molecule has 2 aromatic heterocycles. The van der Waals surface area contributed by atoms with Crippen LogP contribution in [0.2, 0.25) is 5.15 Å². The van der Waals surface area contributed by atoms with Gasteiger partial charge in [-0.15, -0.1) is 0 Å². The van der Waals surface area contributed by atoms with Gasteiger partial charge in [0.05, 0.1) is 5.69 Å². The summed E-state index contributed by atoms with van der Waals surface area (Å²) in [5, 5.41) is 4.49. The molecule has 6 heteroatoms. The maximum atomic E-state index is 5.70. The number of ether oxygens (including phenoxy) is 1. The van der Waals surface area contributed by atoms with E-state index in [1.54, 1.807) is 17.8 Å². The van der Waals surface area contributed by atoms with Gasteiger partial charge in [0.15, 0.2) is 0 Å². The molecule has 0 fully saturated rings. The second-order valence-electron chi connectivity index (χ2n) is 3.03. The van der Waals surface area contributed by atoms with Crippen LogP contribution in [0, 0.1) is 6.92 Å². The molecule has 15 heavy (non-hydrogen) atoms. The molecule has 0 saturated heterocycles. The van der Waals surface area contributed by atoms with Crippen LogP contribution in [0.4, 0.5) is 0 Å². The quantitative estimate of drug-likeness (QED) is 0.732. The van der Waals surface area contributed by atoms with Crippen molar-refractivity contribution in [3.63, 3.8) is 0 Å². The highest BCUT2D eigenvalue weighted by Gasteiger charge is 2.05.